The smallest absolute Gasteiger partial charge is 0.0732 e. The summed E-state index contributed by atoms with van der Waals surface area (Å²) in [5, 5.41) is 0. The Morgan fingerprint density at radius 1 is 1.45 bits per heavy atom. The molecule has 0 aliphatic rings. The summed E-state index contributed by atoms with van der Waals surface area (Å²) in [7, 11) is 1.44. The minimum absolute atomic E-state index is 0.607. The predicted octanol–water partition coefficient (Wildman–Crippen LogP) is 0.664. The maximum absolute atomic E-state index is 4.47. The SMILES string of the molecule is COONCc1ccncc1. The van der Waals surface area contributed by atoms with Crippen molar-refractivity contribution < 1.29 is 9.88 Å². The van der Waals surface area contributed by atoms with Crippen molar-refractivity contribution in [1.82, 2.24) is 10.5 Å². The van der Waals surface area contributed by atoms with Crippen LogP contribution in [0.5, 0.6) is 0 Å². The third kappa shape index (κ3) is 3.08. The van der Waals surface area contributed by atoms with Crippen LogP contribution in [0.1, 0.15) is 5.56 Å². The molecule has 1 N–H and O–H groups in total. The lowest BCUT2D eigenvalue weighted by Gasteiger charge is -2.00. The molecule has 0 unspecified atom stereocenters. The second-order valence-corrected chi connectivity index (χ2v) is 1.93. The third-order valence-electron chi connectivity index (χ3n) is 1.17. The van der Waals surface area contributed by atoms with Gasteiger partial charge in [-0.1, -0.05) is 0 Å². The van der Waals surface area contributed by atoms with Gasteiger partial charge in [-0.2, -0.15) is 5.48 Å². The molecule has 11 heavy (non-hydrogen) atoms. The van der Waals surface area contributed by atoms with E-state index in [-0.39, 0.29) is 0 Å². The zero-order valence-corrected chi connectivity index (χ0v) is 6.28. The average Bonchev–Trinajstić information content (AvgIpc) is 2.07. The van der Waals surface area contributed by atoms with E-state index in [1.165, 1.54) is 7.11 Å². The highest BCUT2D eigenvalue weighted by atomic mass is 17.3. The molecular formula is C7H10N2O2. The lowest BCUT2D eigenvalue weighted by Crippen LogP contribution is -2.12. The highest BCUT2D eigenvalue weighted by Crippen LogP contribution is 1.93. The fourth-order valence-corrected chi connectivity index (χ4v) is 0.672. The lowest BCUT2D eigenvalue weighted by atomic mass is 10.3. The number of aromatic nitrogens is 1. The van der Waals surface area contributed by atoms with Crippen LogP contribution in [0.15, 0.2) is 24.5 Å². The van der Waals surface area contributed by atoms with E-state index in [0.29, 0.717) is 6.54 Å². The van der Waals surface area contributed by atoms with Crippen LogP contribution < -0.4 is 5.48 Å². The van der Waals surface area contributed by atoms with Crippen LogP contribution in [0.3, 0.4) is 0 Å². The number of hydrogen-bond donors (Lipinski definition) is 1. The van der Waals surface area contributed by atoms with Gasteiger partial charge in [0, 0.05) is 18.9 Å². The van der Waals surface area contributed by atoms with Crippen LogP contribution in [-0.4, -0.2) is 12.1 Å². The van der Waals surface area contributed by atoms with E-state index in [1.54, 1.807) is 12.4 Å². The van der Waals surface area contributed by atoms with Gasteiger partial charge in [-0.3, -0.25) is 4.98 Å². The molecule has 1 rings (SSSR count). The lowest BCUT2D eigenvalue weighted by molar-refractivity contribution is -0.319. The Hall–Kier alpha value is -0.970. The highest BCUT2D eigenvalue weighted by Gasteiger charge is 1.88. The Morgan fingerprint density at radius 3 is 2.82 bits per heavy atom. The van der Waals surface area contributed by atoms with Gasteiger partial charge in [0.1, 0.15) is 0 Å². The van der Waals surface area contributed by atoms with Crippen LogP contribution >= 0.6 is 0 Å². The van der Waals surface area contributed by atoms with Crippen molar-refractivity contribution in [2.75, 3.05) is 7.11 Å². The number of pyridine rings is 1. The van der Waals surface area contributed by atoms with Crippen LogP contribution in [0.4, 0.5) is 0 Å². The minimum atomic E-state index is 0.607. The maximum Gasteiger partial charge on any atom is 0.0732 e. The Labute approximate surface area is 65.0 Å². The van der Waals surface area contributed by atoms with E-state index >= 15 is 0 Å². The molecule has 0 radical (unpaired) electrons. The number of nitrogens with zero attached hydrogens (tertiary/aromatic N) is 1. The Bertz CT molecular complexity index is 191. The van der Waals surface area contributed by atoms with Gasteiger partial charge >= 0.3 is 0 Å². The molecule has 1 aromatic rings. The van der Waals surface area contributed by atoms with Crippen molar-refractivity contribution in [1.29, 1.82) is 0 Å². The molecule has 60 valence electrons. The van der Waals surface area contributed by atoms with Gasteiger partial charge in [0.2, 0.25) is 0 Å². The van der Waals surface area contributed by atoms with E-state index in [1.807, 2.05) is 12.1 Å². The van der Waals surface area contributed by atoms with Crippen molar-refractivity contribution in [3.05, 3.63) is 30.1 Å². The minimum Gasteiger partial charge on any atom is -0.265 e. The molecule has 0 amide bonds. The fraction of sp³-hybridized carbons (Fsp3) is 0.286. The van der Waals surface area contributed by atoms with Crippen molar-refractivity contribution in [2.24, 2.45) is 0 Å². The summed E-state index contributed by atoms with van der Waals surface area (Å²) in [5.41, 5.74) is 3.70. The van der Waals surface area contributed by atoms with Gasteiger partial charge in [-0.15, -0.1) is 4.99 Å². The third-order valence-corrected chi connectivity index (χ3v) is 1.17. The summed E-state index contributed by atoms with van der Waals surface area (Å²) in [6.45, 7) is 0.607. The molecule has 0 fully saturated rings. The van der Waals surface area contributed by atoms with E-state index < -0.39 is 0 Å². The average molecular weight is 154 g/mol. The van der Waals surface area contributed by atoms with Crippen LogP contribution in [0, 0.1) is 0 Å². The van der Waals surface area contributed by atoms with E-state index in [2.05, 4.69) is 20.3 Å². The predicted molar refractivity (Wildman–Crippen MR) is 39.2 cm³/mol. The topological polar surface area (TPSA) is 43.4 Å². The van der Waals surface area contributed by atoms with Gasteiger partial charge in [0.05, 0.1) is 7.11 Å². The van der Waals surface area contributed by atoms with Crippen molar-refractivity contribution in [3.63, 3.8) is 0 Å². The van der Waals surface area contributed by atoms with Crippen molar-refractivity contribution in [3.8, 4) is 0 Å². The molecule has 0 atom stereocenters. The molecular weight excluding hydrogens is 144 g/mol. The summed E-state index contributed by atoms with van der Waals surface area (Å²) < 4.78 is 0. The summed E-state index contributed by atoms with van der Waals surface area (Å²) >= 11 is 0. The van der Waals surface area contributed by atoms with Crippen molar-refractivity contribution >= 4 is 0 Å². The largest absolute Gasteiger partial charge is 0.265 e. The second-order valence-electron chi connectivity index (χ2n) is 1.93. The van der Waals surface area contributed by atoms with Gasteiger partial charge in [-0.25, -0.2) is 4.89 Å². The summed E-state index contributed by atoms with van der Waals surface area (Å²) in [5.74, 6) is 0. The second kappa shape index (κ2) is 4.79. The fourth-order valence-electron chi connectivity index (χ4n) is 0.672. The molecule has 4 nitrogen and oxygen atoms in total. The quantitative estimate of drug-likeness (QED) is 0.393. The Morgan fingerprint density at radius 2 is 2.18 bits per heavy atom. The first-order valence-corrected chi connectivity index (χ1v) is 3.25. The first-order valence-electron chi connectivity index (χ1n) is 3.25. The monoisotopic (exact) mass is 154 g/mol. The molecule has 1 heterocycles. The first kappa shape index (κ1) is 8.13. The Balaban J connectivity index is 2.28. The number of rotatable bonds is 4. The van der Waals surface area contributed by atoms with Crippen molar-refractivity contribution in [2.45, 2.75) is 6.54 Å². The van der Waals surface area contributed by atoms with E-state index in [9.17, 15) is 0 Å². The molecule has 0 aliphatic carbocycles. The molecule has 1 aromatic heterocycles. The Kier molecular flexibility index (Phi) is 3.54. The normalized spacial score (nSPS) is 9.91. The molecule has 4 heteroatoms. The van der Waals surface area contributed by atoms with Crippen LogP contribution in [0.2, 0.25) is 0 Å². The maximum atomic E-state index is 4.47. The number of nitrogens with one attached hydrogen (secondary N) is 1. The summed E-state index contributed by atoms with van der Waals surface area (Å²) in [6, 6.07) is 3.79. The van der Waals surface area contributed by atoms with Gasteiger partial charge in [0.15, 0.2) is 0 Å². The molecule has 0 bridgehead atoms. The van der Waals surface area contributed by atoms with E-state index in [0.717, 1.165) is 5.56 Å². The number of hydroxylamine groups is 1. The molecule has 0 aliphatic heterocycles. The number of hydrogen-bond acceptors (Lipinski definition) is 4. The molecule has 0 saturated carbocycles. The summed E-state index contributed by atoms with van der Waals surface area (Å²) in [6.07, 6.45) is 3.45. The van der Waals surface area contributed by atoms with Crippen LogP contribution in [-0.2, 0) is 16.4 Å². The zero-order chi connectivity index (χ0) is 7.94. The summed E-state index contributed by atoms with van der Waals surface area (Å²) in [4.78, 5) is 12.7. The van der Waals surface area contributed by atoms with Gasteiger partial charge in [-0.05, 0) is 17.7 Å². The zero-order valence-electron chi connectivity index (χ0n) is 6.28. The van der Waals surface area contributed by atoms with E-state index in [4.69, 9.17) is 0 Å². The standard InChI is InChI=1S/C7H10N2O2/c1-10-11-9-6-7-2-4-8-5-3-7/h2-5,9H,6H2,1H3. The molecule has 0 spiro atoms. The molecule has 0 aromatic carbocycles. The van der Waals surface area contributed by atoms with Gasteiger partial charge < -0.3 is 0 Å². The molecule has 0 saturated heterocycles. The first-order chi connectivity index (χ1) is 5.43. The van der Waals surface area contributed by atoms with Gasteiger partial charge in [0.25, 0.3) is 0 Å². The van der Waals surface area contributed by atoms with Crippen LogP contribution in [0.25, 0.3) is 0 Å². The highest BCUT2D eigenvalue weighted by molar-refractivity contribution is 5.08.